The molecule has 0 aliphatic carbocycles. The van der Waals surface area contributed by atoms with Crippen molar-refractivity contribution in [2.24, 2.45) is 0 Å². The first-order valence-electron chi connectivity index (χ1n) is 0.507. The second-order valence-electron chi connectivity index (χ2n) is 0. The van der Waals surface area contributed by atoms with Crippen LogP contribution >= 0.6 is 35.3 Å². The number of nitrogens with zero attached hydrogens (tertiary/aromatic N) is 3. The van der Waals surface area contributed by atoms with Gasteiger partial charge in [-0.1, -0.05) is 0 Å². The van der Waals surface area contributed by atoms with Gasteiger partial charge in [-0.3, -0.25) is 0 Å². The van der Waals surface area contributed by atoms with Crippen LogP contribution in [0.15, 0.2) is 0 Å². The van der Waals surface area contributed by atoms with E-state index in [0.29, 0.717) is 0 Å². The van der Waals surface area contributed by atoms with E-state index in [9.17, 15) is 0 Å². The maximum Gasteiger partial charge on any atom is 6.00 e. The molecule has 0 spiro atoms. The van der Waals surface area contributed by atoms with Gasteiger partial charge in [-0.15, -0.1) is 0 Å². The number of hydrogen-bond acceptors (Lipinski definition) is 0. The van der Waals surface area contributed by atoms with Crippen LogP contribution in [-0.4, -0.2) is 0 Å². The molecule has 7 heteroatoms. The molecule has 0 N–H and O–H groups in total. The maximum atomic E-state index is 6.47. The van der Waals surface area contributed by atoms with Crippen molar-refractivity contribution in [3.63, 3.8) is 0 Å². The Kier molecular flexibility index (Phi) is 369. The molecule has 0 aliphatic rings. The summed E-state index contributed by atoms with van der Waals surface area (Å²) in [4.78, 5) is 0. The van der Waals surface area contributed by atoms with E-state index in [1.807, 2.05) is 0 Å². The molecule has 0 atom stereocenters. The van der Waals surface area contributed by atoms with Gasteiger partial charge in [-0.25, -0.2) is 0 Å². The standard InChI is InChI=1S/3ClN.U/c3*1-2;/q3*-2;+6. The summed E-state index contributed by atoms with van der Waals surface area (Å²) in [7, 11) is 0. The minimum atomic E-state index is 0. The van der Waals surface area contributed by atoms with Gasteiger partial charge in [0.2, 0.25) is 0 Å². The maximum absolute atomic E-state index is 6.47. The third kappa shape index (κ3) is 80.9. The third-order valence-corrected chi connectivity index (χ3v) is 0. The molecule has 3 nitrogen and oxygen atoms in total. The first kappa shape index (κ1) is 23.2. The predicted molar refractivity (Wildman–Crippen MR) is 27.6 cm³/mol. The molecule has 0 aromatic rings. The van der Waals surface area contributed by atoms with Crippen LogP contribution in [0.1, 0.15) is 0 Å². The molecule has 0 aromatic carbocycles. The first-order valence-corrected chi connectivity index (χ1v) is 1.52. The monoisotopic (exact) mass is 385 g/mol. The van der Waals surface area contributed by atoms with E-state index in [1.54, 1.807) is 0 Å². The molecule has 0 aliphatic heterocycles. The van der Waals surface area contributed by atoms with Gasteiger partial charge in [-0.2, -0.15) is 0 Å². The van der Waals surface area contributed by atoms with Crippen molar-refractivity contribution in [2.75, 3.05) is 0 Å². The van der Waals surface area contributed by atoms with Crippen LogP contribution in [0.4, 0.5) is 0 Å². The molecular weight excluding hydrogens is 386 g/mol. The van der Waals surface area contributed by atoms with E-state index >= 15 is 0 Å². The summed E-state index contributed by atoms with van der Waals surface area (Å²) in [5, 5.41) is 19.4. The largest absolute Gasteiger partial charge is 6.00 e. The van der Waals surface area contributed by atoms with Gasteiger partial charge in [0.25, 0.3) is 0 Å². The van der Waals surface area contributed by atoms with Gasteiger partial charge < -0.3 is 51.1 Å². The topological polar surface area (TPSA) is 66.9 Å². The van der Waals surface area contributed by atoms with E-state index in [-0.39, 0.29) is 31.1 Å². The summed E-state index contributed by atoms with van der Waals surface area (Å²) in [5.41, 5.74) is 0. The van der Waals surface area contributed by atoms with Crippen LogP contribution in [0, 0.1) is 31.1 Å². The predicted octanol–water partition coefficient (Wildman–Crippen LogP) is 2.93. The summed E-state index contributed by atoms with van der Waals surface area (Å²) in [6.07, 6.45) is 0. The minimum absolute atomic E-state index is 0. The van der Waals surface area contributed by atoms with Crippen LogP contribution in [0.5, 0.6) is 0 Å². The van der Waals surface area contributed by atoms with Crippen molar-refractivity contribution in [3.05, 3.63) is 15.8 Å². The SMILES string of the molecule is [N-2]Cl.[N-2]Cl.[N-2]Cl.[U+6]. The van der Waals surface area contributed by atoms with Crippen molar-refractivity contribution >= 4 is 35.3 Å². The normalized spacial score (nSPS) is 2.57. The Bertz CT molecular complexity index is 10.1. The summed E-state index contributed by atoms with van der Waals surface area (Å²) in [6, 6.07) is 0. The second-order valence-corrected chi connectivity index (χ2v) is 0. The molecular formula is Cl3N3U. The summed E-state index contributed by atoms with van der Waals surface area (Å²) < 4.78 is 0. The van der Waals surface area contributed by atoms with Gasteiger partial charge in [-0.05, 0) is 0 Å². The molecule has 0 radical (unpaired) electrons. The Hall–Kier alpha value is 1.80. The van der Waals surface area contributed by atoms with Crippen molar-refractivity contribution in [2.45, 2.75) is 0 Å². The van der Waals surface area contributed by atoms with Gasteiger partial charge in [0, 0.05) is 0 Å². The van der Waals surface area contributed by atoms with E-state index in [0.717, 1.165) is 0 Å². The zero-order valence-electron chi connectivity index (χ0n) is 2.98. The Balaban J connectivity index is -0.00000000900. The zero-order valence-corrected chi connectivity index (χ0v) is 9.41. The van der Waals surface area contributed by atoms with Crippen LogP contribution < -0.4 is 0 Å². The van der Waals surface area contributed by atoms with Crippen LogP contribution in [0.2, 0.25) is 0 Å². The Morgan fingerprint density at radius 1 is 0.571 bits per heavy atom. The average molecular weight is 386 g/mol. The molecule has 0 aromatic heterocycles. The molecule has 0 rings (SSSR count). The first-order chi connectivity index (χ1) is 3.00. The van der Waals surface area contributed by atoms with Crippen molar-refractivity contribution in [3.8, 4) is 0 Å². The third-order valence-electron chi connectivity index (χ3n) is 0. The van der Waals surface area contributed by atoms with Crippen LogP contribution in [0.3, 0.4) is 0 Å². The second kappa shape index (κ2) is 111. The fourth-order valence-electron chi connectivity index (χ4n) is 0. The van der Waals surface area contributed by atoms with E-state index in [4.69, 9.17) is 15.8 Å². The molecule has 0 saturated heterocycles. The van der Waals surface area contributed by atoms with Crippen molar-refractivity contribution in [1.29, 1.82) is 0 Å². The number of rotatable bonds is 0. The summed E-state index contributed by atoms with van der Waals surface area (Å²) in [5.74, 6) is 0. The van der Waals surface area contributed by atoms with E-state index in [2.05, 4.69) is 35.3 Å². The fourth-order valence-corrected chi connectivity index (χ4v) is 0. The molecule has 0 bridgehead atoms. The smallest absolute Gasteiger partial charge is 1.47 e. The molecule has 0 saturated carbocycles. The van der Waals surface area contributed by atoms with Gasteiger partial charge >= 0.3 is 31.1 Å². The quantitative estimate of drug-likeness (QED) is 0.614. The molecule has 7 heavy (non-hydrogen) atoms. The zero-order chi connectivity index (χ0) is 6.00. The molecule has 0 fully saturated rings. The van der Waals surface area contributed by atoms with Gasteiger partial charge in [0.15, 0.2) is 0 Å². The Morgan fingerprint density at radius 2 is 0.571 bits per heavy atom. The van der Waals surface area contributed by atoms with Crippen molar-refractivity contribution < 1.29 is 31.1 Å². The van der Waals surface area contributed by atoms with Crippen molar-refractivity contribution in [1.82, 2.24) is 0 Å². The minimum Gasteiger partial charge on any atom is -1.47 e. The number of halogens is 3. The van der Waals surface area contributed by atoms with Gasteiger partial charge in [0.1, 0.15) is 0 Å². The van der Waals surface area contributed by atoms with E-state index in [1.165, 1.54) is 0 Å². The average Bonchev–Trinajstić information content (AvgIpc) is 1.81. The number of hydrogen-bond donors (Lipinski definition) is 0. The fraction of sp³-hybridized carbons (Fsp3) is 0. The van der Waals surface area contributed by atoms with Crippen LogP contribution in [-0.2, 0) is 0 Å². The summed E-state index contributed by atoms with van der Waals surface area (Å²) in [6.45, 7) is 0. The molecule has 0 heterocycles. The Labute approximate surface area is 81.5 Å². The van der Waals surface area contributed by atoms with E-state index < -0.39 is 0 Å². The van der Waals surface area contributed by atoms with Crippen LogP contribution in [0.25, 0.3) is 15.8 Å². The molecule has 0 unspecified atom stereocenters. The molecule has 40 valence electrons. The Morgan fingerprint density at radius 3 is 0.571 bits per heavy atom. The summed E-state index contributed by atoms with van der Waals surface area (Å²) >= 11 is 10.9. The molecule has 0 amide bonds. The van der Waals surface area contributed by atoms with Gasteiger partial charge in [0.05, 0.1) is 0 Å².